The van der Waals surface area contributed by atoms with Gasteiger partial charge in [-0.1, -0.05) is 18.2 Å². The summed E-state index contributed by atoms with van der Waals surface area (Å²) < 4.78 is 10.9. The van der Waals surface area contributed by atoms with Crippen LogP contribution >= 0.6 is 0 Å². The van der Waals surface area contributed by atoms with Crippen molar-refractivity contribution in [3.05, 3.63) is 69.9 Å². The smallest absolute Gasteiger partial charge is 0.339 e. The Morgan fingerprint density at radius 1 is 1.14 bits per heavy atom. The number of aromatic nitrogens is 1. The molecular formula is C22H22N2O4. The zero-order valence-electron chi connectivity index (χ0n) is 16.0. The maximum absolute atomic E-state index is 13.1. The number of ether oxygens (including phenoxy) is 1. The van der Waals surface area contributed by atoms with Gasteiger partial charge in [0.2, 0.25) is 0 Å². The Labute approximate surface area is 162 Å². The fraction of sp³-hybridized carbons (Fsp3) is 0.318. The summed E-state index contributed by atoms with van der Waals surface area (Å²) >= 11 is 0. The van der Waals surface area contributed by atoms with Gasteiger partial charge < -0.3 is 14.1 Å². The number of hydrogen-bond acceptors (Lipinski definition) is 5. The number of carbonyl (C=O) groups is 1. The number of amides is 1. The van der Waals surface area contributed by atoms with Gasteiger partial charge in [-0.05, 0) is 26.0 Å². The molecule has 1 amide bonds. The van der Waals surface area contributed by atoms with Crippen LogP contribution in [0.3, 0.4) is 0 Å². The first-order chi connectivity index (χ1) is 13.5. The number of piperidine rings is 1. The topological polar surface area (TPSA) is 72.6 Å². The summed E-state index contributed by atoms with van der Waals surface area (Å²) in [5, 5.41) is 0.966. The third-order valence-electron chi connectivity index (χ3n) is 4.99. The van der Waals surface area contributed by atoms with E-state index in [1.165, 1.54) is 6.07 Å². The number of nitrogens with zero attached hydrogens (tertiary/aromatic N) is 2. The normalized spacial score (nSPS) is 15.0. The van der Waals surface area contributed by atoms with Gasteiger partial charge in [0.25, 0.3) is 5.91 Å². The summed E-state index contributed by atoms with van der Waals surface area (Å²) in [5.74, 6) is 1.04. The average molecular weight is 378 g/mol. The minimum atomic E-state index is -0.415. The van der Waals surface area contributed by atoms with Gasteiger partial charge in [0, 0.05) is 43.1 Å². The standard InChI is InChI=1S/C22H22N2O4/c1-14-6-7-16-4-3-5-19(21(16)23-14)22(26)24-10-8-17(9-11-24)28-18-12-15(2)27-20(25)13-18/h3-7,12-13,17H,8-11H2,1-2H3. The van der Waals surface area contributed by atoms with Crippen molar-refractivity contribution < 1.29 is 13.9 Å². The average Bonchev–Trinajstić information content (AvgIpc) is 2.67. The van der Waals surface area contributed by atoms with E-state index < -0.39 is 5.63 Å². The summed E-state index contributed by atoms with van der Waals surface area (Å²) in [6.07, 6.45) is 1.39. The Hall–Kier alpha value is -3.15. The first kappa shape index (κ1) is 18.2. The number of benzene rings is 1. The monoisotopic (exact) mass is 378 g/mol. The van der Waals surface area contributed by atoms with E-state index in [4.69, 9.17) is 9.15 Å². The Balaban J connectivity index is 1.46. The van der Waals surface area contributed by atoms with Crippen molar-refractivity contribution in [1.29, 1.82) is 0 Å². The third kappa shape index (κ3) is 3.76. The van der Waals surface area contributed by atoms with E-state index in [1.54, 1.807) is 13.0 Å². The highest BCUT2D eigenvalue weighted by molar-refractivity contribution is 6.05. The van der Waals surface area contributed by atoms with Crippen LogP contribution in [-0.4, -0.2) is 35.0 Å². The largest absolute Gasteiger partial charge is 0.490 e. The summed E-state index contributed by atoms with van der Waals surface area (Å²) in [5.41, 5.74) is 1.86. The second kappa shape index (κ2) is 7.46. The molecule has 0 unspecified atom stereocenters. The molecule has 0 atom stereocenters. The Bertz CT molecular complexity index is 1080. The first-order valence-electron chi connectivity index (χ1n) is 9.44. The number of fused-ring (bicyclic) bond motifs is 1. The van der Waals surface area contributed by atoms with Crippen LogP contribution in [0.25, 0.3) is 10.9 Å². The number of carbonyl (C=O) groups excluding carboxylic acids is 1. The van der Waals surface area contributed by atoms with Crippen molar-refractivity contribution in [2.75, 3.05) is 13.1 Å². The number of aryl methyl sites for hydroxylation is 2. The van der Waals surface area contributed by atoms with Crippen molar-refractivity contribution in [2.24, 2.45) is 0 Å². The van der Waals surface area contributed by atoms with E-state index in [2.05, 4.69) is 4.98 Å². The quantitative estimate of drug-likeness (QED) is 0.698. The second-order valence-corrected chi connectivity index (χ2v) is 7.16. The van der Waals surface area contributed by atoms with E-state index in [9.17, 15) is 9.59 Å². The van der Waals surface area contributed by atoms with E-state index in [1.807, 2.05) is 42.2 Å². The molecule has 4 rings (SSSR count). The van der Waals surface area contributed by atoms with Crippen LogP contribution in [-0.2, 0) is 0 Å². The maximum Gasteiger partial charge on any atom is 0.339 e. The molecule has 144 valence electrons. The van der Waals surface area contributed by atoms with E-state index >= 15 is 0 Å². The van der Waals surface area contributed by atoms with E-state index in [0.717, 1.165) is 16.6 Å². The molecule has 2 aromatic heterocycles. The lowest BCUT2D eigenvalue weighted by Crippen LogP contribution is -2.42. The zero-order chi connectivity index (χ0) is 19.7. The van der Waals surface area contributed by atoms with Crippen molar-refractivity contribution in [3.63, 3.8) is 0 Å². The molecule has 0 radical (unpaired) electrons. The van der Waals surface area contributed by atoms with Gasteiger partial charge in [-0.25, -0.2) is 4.79 Å². The molecule has 3 heterocycles. The lowest BCUT2D eigenvalue weighted by Gasteiger charge is -2.32. The molecule has 0 N–H and O–H groups in total. The van der Waals surface area contributed by atoms with Gasteiger partial charge in [0.15, 0.2) is 0 Å². The third-order valence-corrected chi connectivity index (χ3v) is 4.99. The Morgan fingerprint density at radius 3 is 2.68 bits per heavy atom. The van der Waals surface area contributed by atoms with Crippen molar-refractivity contribution in [3.8, 4) is 5.75 Å². The highest BCUT2D eigenvalue weighted by Gasteiger charge is 2.26. The highest BCUT2D eigenvalue weighted by atomic mass is 16.5. The number of likely N-dealkylation sites (tertiary alicyclic amines) is 1. The molecule has 1 aliphatic rings. The molecule has 6 heteroatoms. The van der Waals surface area contributed by atoms with Gasteiger partial charge in [-0.2, -0.15) is 0 Å². The molecule has 3 aromatic rings. The lowest BCUT2D eigenvalue weighted by atomic mass is 10.0. The van der Waals surface area contributed by atoms with Crippen LogP contribution < -0.4 is 10.4 Å². The molecule has 0 spiro atoms. The van der Waals surface area contributed by atoms with Crippen LogP contribution in [0, 0.1) is 13.8 Å². The molecular weight excluding hydrogens is 356 g/mol. The lowest BCUT2D eigenvalue weighted by molar-refractivity contribution is 0.0596. The Morgan fingerprint density at radius 2 is 1.93 bits per heavy atom. The van der Waals surface area contributed by atoms with Gasteiger partial charge in [0.05, 0.1) is 17.1 Å². The molecule has 6 nitrogen and oxygen atoms in total. The van der Waals surface area contributed by atoms with Crippen molar-refractivity contribution >= 4 is 16.8 Å². The van der Waals surface area contributed by atoms with Crippen LogP contribution in [0.15, 0.2) is 51.7 Å². The van der Waals surface area contributed by atoms with Crippen LogP contribution in [0.1, 0.15) is 34.7 Å². The highest BCUT2D eigenvalue weighted by Crippen LogP contribution is 2.23. The number of rotatable bonds is 3. The van der Waals surface area contributed by atoms with E-state index in [-0.39, 0.29) is 12.0 Å². The minimum absolute atomic E-state index is 0.00153. The molecule has 0 saturated carbocycles. The maximum atomic E-state index is 13.1. The van der Waals surface area contributed by atoms with Crippen LogP contribution in [0.2, 0.25) is 0 Å². The molecule has 28 heavy (non-hydrogen) atoms. The summed E-state index contributed by atoms with van der Waals surface area (Å²) in [4.78, 5) is 31.0. The van der Waals surface area contributed by atoms with Gasteiger partial charge in [-0.3, -0.25) is 9.78 Å². The molecule has 0 aliphatic carbocycles. The Kier molecular flexibility index (Phi) is 4.86. The number of hydrogen-bond donors (Lipinski definition) is 0. The zero-order valence-corrected chi connectivity index (χ0v) is 16.0. The van der Waals surface area contributed by atoms with Gasteiger partial charge in [0.1, 0.15) is 17.6 Å². The predicted molar refractivity (Wildman–Crippen MR) is 106 cm³/mol. The first-order valence-corrected chi connectivity index (χ1v) is 9.44. The summed E-state index contributed by atoms with van der Waals surface area (Å²) in [6, 6.07) is 12.7. The summed E-state index contributed by atoms with van der Waals surface area (Å²) in [6.45, 7) is 4.85. The summed E-state index contributed by atoms with van der Waals surface area (Å²) in [7, 11) is 0. The fourth-order valence-electron chi connectivity index (χ4n) is 3.60. The SMILES string of the molecule is Cc1ccc2cccc(C(=O)N3CCC(Oc4cc(C)oc(=O)c4)CC3)c2n1. The number of pyridine rings is 1. The fourth-order valence-corrected chi connectivity index (χ4v) is 3.60. The van der Waals surface area contributed by atoms with Crippen LogP contribution in [0.4, 0.5) is 0 Å². The predicted octanol–water partition coefficient (Wildman–Crippen LogP) is 3.49. The minimum Gasteiger partial charge on any atom is -0.490 e. The molecule has 1 aliphatic heterocycles. The van der Waals surface area contributed by atoms with Crippen molar-refractivity contribution in [1.82, 2.24) is 9.88 Å². The van der Waals surface area contributed by atoms with E-state index in [0.29, 0.717) is 43.0 Å². The number of para-hydroxylation sites is 1. The van der Waals surface area contributed by atoms with Crippen LogP contribution in [0.5, 0.6) is 5.75 Å². The van der Waals surface area contributed by atoms with Crippen molar-refractivity contribution in [2.45, 2.75) is 32.8 Å². The molecule has 1 fully saturated rings. The second-order valence-electron chi connectivity index (χ2n) is 7.16. The molecule has 0 bridgehead atoms. The molecule has 1 aromatic carbocycles. The van der Waals surface area contributed by atoms with Gasteiger partial charge in [-0.15, -0.1) is 0 Å². The van der Waals surface area contributed by atoms with Gasteiger partial charge >= 0.3 is 5.63 Å². The molecule has 1 saturated heterocycles.